The van der Waals surface area contributed by atoms with Crippen LogP contribution < -0.4 is 5.32 Å². The quantitative estimate of drug-likeness (QED) is 0.713. The van der Waals surface area contributed by atoms with Gasteiger partial charge in [0.1, 0.15) is 5.60 Å². The molecule has 0 saturated carbocycles. The molecule has 0 saturated heterocycles. The molecule has 1 atom stereocenters. The van der Waals surface area contributed by atoms with E-state index in [0.717, 1.165) is 25.8 Å². The van der Waals surface area contributed by atoms with Crippen LogP contribution >= 0.6 is 0 Å². The summed E-state index contributed by atoms with van der Waals surface area (Å²) in [5.74, 6) is 0.572. The summed E-state index contributed by atoms with van der Waals surface area (Å²) in [7, 11) is 0. The minimum atomic E-state index is -0.406. The molecule has 0 aromatic heterocycles. The van der Waals surface area contributed by atoms with Crippen LogP contribution in [-0.4, -0.2) is 18.2 Å². The number of amides is 1. The first-order valence-electron chi connectivity index (χ1n) is 5.59. The monoisotopic (exact) mass is 211 g/mol. The number of ether oxygens (including phenoxy) is 1. The Bertz CT molecular complexity index is 240. The van der Waals surface area contributed by atoms with Gasteiger partial charge in [0.15, 0.2) is 0 Å². The Hall–Kier alpha value is -0.990. The largest absolute Gasteiger partial charge is 0.444 e. The van der Waals surface area contributed by atoms with E-state index in [1.807, 2.05) is 20.8 Å². The van der Waals surface area contributed by atoms with Crippen molar-refractivity contribution in [3.63, 3.8) is 0 Å². The number of hydrogen-bond donors (Lipinski definition) is 1. The number of hydrogen-bond acceptors (Lipinski definition) is 2. The van der Waals surface area contributed by atoms with E-state index < -0.39 is 5.60 Å². The summed E-state index contributed by atoms with van der Waals surface area (Å²) in [6, 6.07) is 0. The highest BCUT2D eigenvalue weighted by molar-refractivity contribution is 5.67. The minimum absolute atomic E-state index is 0.308. The van der Waals surface area contributed by atoms with Gasteiger partial charge in [0.25, 0.3) is 0 Å². The van der Waals surface area contributed by atoms with Crippen molar-refractivity contribution in [2.24, 2.45) is 5.92 Å². The topological polar surface area (TPSA) is 38.3 Å². The van der Waals surface area contributed by atoms with Gasteiger partial charge in [0.2, 0.25) is 0 Å². The molecule has 1 unspecified atom stereocenters. The van der Waals surface area contributed by atoms with Crippen LogP contribution in [0.5, 0.6) is 0 Å². The van der Waals surface area contributed by atoms with E-state index in [2.05, 4.69) is 17.5 Å². The Kier molecular flexibility index (Phi) is 4.18. The van der Waals surface area contributed by atoms with Crippen molar-refractivity contribution in [2.45, 2.75) is 45.6 Å². The first-order chi connectivity index (χ1) is 6.97. The van der Waals surface area contributed by atoms with Crippen LogP contribution in [0.15, 0.2) is 12.2 Å². The first-order valence-corrected chi connectivity index (χ1v) is 5.59. The molecule has 0 aromatic carbocycles. The zero-order valence-electron chi connectivity index (χ0n) is 9.88. The van der Waals surface area contributed by atoms with Gasteiger partial charge in [-0.1, -0.05) is 12.2 Å². The molecule has 0 heterocycles. The van der Waals surface area contributed by atoms with Gasteiger partial charge < -0.3 is 10.1 Å². The summed E-state index contributed by atoms with van der Waals surface area (Å²) in [6.07, 6.45) is 7.43. The van der Waals surface area contributed by atoms with Crippen LogP contribution in [0.3, 0.4) is 0 Å². The molecule has 3 nitrogen and oxygen atoms in total. The van der Waals surface area contributed by atoms with Gasteiger partial charge in [-0.05, 0) is 46.0 Å². The maximum Gasteiger partial charge on any atom is 0.407 e. The highest BCUT2D eigenvalue weighted by Gasteiger charge is 2.17. The number of carbonyl (C=O) groups excluding carboxylic acids is 1. The number of rotatable bonds is 2. The molecule has 3 heteroatoms. The fraction of sp³-hybridized carbons (Fsp3) is 0.750. The Labute approximate surface area is 91.9 Å². The van der Waals surface area contributed by atoms with Crippen LogP contribution in [0, 0.1) is 5.92 Å². The van der Waals surface area contributed by atoms with E-state index in [0.29, 0.717) is 5.92 Å². The lowest BCUT2D eigenvalue weighted by Crippen LogP contribution is -2.35. The third-order valence-corrected chi connectivity index (χ3v) is 2.31. The predicted octanol–water partition coefficient (Wildman–Crippen LogP) is 2.87. The standard InChI is InChI=1S/C12H21NO2/c1-12(2,3)15-11(14)13-9-10-7-5-4-6-8-10/h4-5,10H,6-9H2,1-3H3,(H,13,14). The van der Waals surface area contributed by atoms with Crippen molar-refractivity contribution in [3.05, 3.63) is 12.2 Å². The molecule has 1 rings (SSSR count). The lowest BCUT2D eigenvalue weighted by atomic mass is 9.94. The van der Waals surface area contributed by atoms with E-state index in [4.69, 9.17) is 4.74 Å². The summed E-state index contributed by atoms with van der Waals surface area (Å²) in [6.45, 7) is 6.33. The van der Waals surface area contributed by atoms with Crippen molar-refractivity contribution in [2.75, 3.05) is 6.54 Å². The molecule has 86 valence electrons. The van der Waals surface area contributed by atoms with E-state index in [9.17, 15) is 4.79 Å². The molecule has 1 aliphatic rings. The third kappa shape index (κ3) is 5.45. The summed E-state index contributed by atoms with van der Waals surface area (Å²) in [5, 5.41) is 2.81. The summed E-state index contributed by atoms with van der Waals surface area (Å²) < 4.78 is 5.16. The minimum Gasteiger partial charge on any atom is -0.444 e. The number of carbonyl (C=O) groups is 1. The molecule has 1 aliphatic carbocycles. The van der Waals surface area contributed by atoms with Crippen LogP contribution in [0.1, 0.15) is 40.0 Å². The second kappa shape index (κ2) is 5.19. The molecule has 0 spiro atoms. The van der Waals surface area contributed by atoms with E-state index in [1.165, 1.54) is 0 Å². The zero-order valence-corrected chi connectivity index (χ0v) is 9.88. The Balaban J connectivity index is 2.19. The highest BCUT2D eigenvalue weighted by atomic mass is 16.6. The molecule has 0 radical (unpaired) electrons. The summed E-state index contributed by atoms with van der Waals surface area (Å²) >= 11 is 0. The smallest absolute Gasteiger partial charge is 0.407 e. The van der Waals surface area contributed by atoms with Crippen LogP contribution in [0.25, 0.3) is 0 Å². The van der Waals surface area contributed by atoms with Crippen molar-refractivity contribution < 1.29 is 9.53 Å². The second-order valence-electron chi connectivity index (χ2n) is 5.03. The molecular weight excluding hydrogens is 190 g/mol. The molecule has 15 heavy (non-hydrogen) atoms. The maximum absolute atomic E-state index is 11.3. The first kappa shape index (κ1) is 12.1. The SMILES string of the molecule is CC(C)(C)OC(=O)NCC1CC=CCC1. The number of allylic oxidation sites excluding steroid dienone is 2. The normalized spacial score (nSPS) is 21.1. The van der Waals surface area contributed by atoms with Crippen LogP contribution in [0.2, 0.25) is 0 Å². The third-order valence-electron chi connectivity index (χ3n) is 2.31. The summed E-state index contributed by atoms with van der Waals surface area (Å²) in [4.78, 5) is 11.3. The lowest BCUT2D eigenvalue weighted by molar-refractivity contribution is 0.0518. The molecule has 0 aromatic rings. The van der Waals surface area contributed by atoms with Gasteiger partial charge in [-0.3, -0.25) is 0 Å². The average Bonchev–Trinajstić information content (AvgIpc) is 2.14. The van der Waals surface area contributed by atoms with E-state index in [1.54, 1.807) is 0 Å². The van der Waals surface area contributed by atoms with Crippen molar-refractivity contribution >= 4 is 6.09 Å². The van der Waals surface area contributed by atoms with Gasteiger partial charge in [-0.15, -0.1) is 0 Å². The Morgan fingerprint density at radius 2 is 2.20 bits per heavy atom. The van der Waals surface area contributed by atoms with Crippen LogP contribution in [0.4, 0.5) is 4.79 Å². The Morgan fingerprint density at radius 1 is 1.47 bits per heavy atom. The van der Waals surface area contributed by atoms with E-state index >= 15 is 0 Å². The number of alkyl carbamates (subject to hydrolysis) is 1. The maximum atomic E-state index is 11.3. The van der Waals surface area contributed by atoms with Crippen LogP contribution in [-0.2, 0) is 4.74 Å². The highest BCUT2D eigenvalue weighted by Crippen LogP contribution is 2.17. The average molecular weight is 211 g/mol. The molecular formula is C12H21NO2. The molecule has 1 amide bonds. The number of nitrogens with one attached hydrogen (secondary N) is 1. The van der Waals surface area contributed by atoms with Gasteiger partial charge in [-0.25, -0.2) is 4.79 Å². The van der Waals surface area contributed by atoms with Gasteiger partial charge >= 0.3 is 6.09 Å². The lowest BCUT2D eigenvalue weighted by Gasteiger charge is -2.22. The molecule has 0 fully saturated rings. The molecule has 0 aliphatic heterocycles. The fourth-order valence-electron chi connectivity index (χ4n) is 1.58. The zero-order chi connectivity index (χ0) is 11.3. The van der Waals surface area contributed by atoms with E-state index in [-0.39, 0.29) is 6.09 Å². The van der Waals surface area contributed by atoms with Gasteiger partial charge in [-0.2, -0.15) is 0 Å². The molecule has 1 N–H and O–H groups in total. The van der Waals surface area contributed by atoms with Crippen molar-refractivity contribution in [1.82, 2.24) is 5.32 Å². The van der Waals surface area contributed by atoms with Gasteiger partial charge in [0.05, 0.1) is 0 Å². The molecule has 0 bridgehead atoms. The predicted molar refractivity (Wildman–Crippen MR) is 60.7 cm³/mol. The van der Waals surface area contributed by atoms with Crippen molar-refractivity contribution in [1.29, 1.82) is 0 Å². The summed E-state index contributed by atoms with van der Waals surface area (Å²) in [5.41, 5.74) is -0.406. The Morgan fingerprint density at radius 3 is 2.73 bits per heavy atom. The fourth-order valence-corrected chi connectivity index (χ4v) is 1.58. The second-order valence-corrected chi connectivity index (χ2v) is 5.03. The van der Waals surface area contributed by atoms with Gasteiger partial charge in [0, 0.05) is 6.54 Å². The van der Waals surface area contributed by atoms with Crippen molar-refractivity contribution in [3.8, 4) is 0 Å².